The van der Waals surface area contributed by atoms with Crippen LogP contribution in [0.2, 0.25) is 5.02 Å². The van der Waals surface area contributed by atoms with Crippen LogP contribution in [0.25, 0.3) is 0 Å². The molecule has 1 aliphatic rings. The van der Waals surface area contributed by atoms with Crippen LogP contribution in [0.15, 0.2) is 23.2 Å². The fraction of sp³-hybridized carbons (Fsp3) is 0.421. The smallest absolute Gasteiger partial charge is 0.283 e. The summed E-state index contributed by atoms with van der Waals surface area (Å²) in [5.74, 6) is -0.189. The number of ketones is 1. The van der Waals surface area contributed by atoms with Crippen LogP contribution < -0.4 is 9.54 Å². The van der Waals surface area contributed by atoms with Crippen LogP contribution in [0.5, 0.6) is 5.75 Å². The third-order valence-corrected chi connectivity index (χ3v) is 5.85. The predicted octanol–water partition coefficient (Wildman–Crippen LogP) is 2.88. The molecule has 1 aromatic carbocycles. The summed E-state index contributed by atoms with van der Waals surface area (Å²) in [5, 5.41) is 0.409. The third-order valence-electron chi connectivity index (χ3n) is 4.34. The Morgan fingerprint density at radius 3 is 2.82 bits per heavy atom. The number of amides is 1. The van der Waals surface area contributed by atoms with Gasteiger partial charge in [0.05, 0.1) is 50.0 Å². The fourth-order valence-electron chi connectivity index (χ4n) is 2.95. The number of benzene rings is 1. The number of ether oxygens (including phenoxy) is 3. The molecule has 2 heterocycles. The first-order valence-corrected chi connectivity index (χ1v) is 9.93. The van der Waals surface area contributed by atoms with E-state index in [1.54, 1.807) is 12.1 Å². The Balaban J connectivity index is 2.04. The Bertz CT molecular complexity index is 960. The molecule has 1 aromatic heterocycles. The lowest BCUT2D eigenvalue weighted by molar-refractivity contribution is -0.0939. The van der Waals surface area contributed by atoms with E-state index < -0.39 is 5.91 Å². The van der Waals surface area contributed by atoms with E-state index >= 15 is 0 Å². The highest BCUT2D eigenvalue weighted by molar-refractivity contribution is 7.11. The highest BCUT2D eigenvalue weighted by Crippen LogP contribution is 2.23. The number of carbonyl (C=O) groups is 2. The molecular formula is C19H21ClN2O5S. The van der Waals surface area contributed by atoms with Crippen LogP contribution in [0, 0.1) is 6.92 Å². The molecule has 1 unspecified atom stereocenters. The normalized spacial score (nSPS) is 17.6. The van der Waals surface area contributed by atoms with Crippen molar-refractivity contribution in [1.29, 1.82) is 0 Å². The van der Waals surface area contributed by atoms with Gasteiger partial charge < -0.3 is 18.8 Å². The summed E-state index contributed by atoms with van der Waals surface area (Å²) >= 11 is 7.20. The van der Waals surface area contributed by atoms with Crippen molar-refractivity contribution in [1.82, 2.24) is 4.57 Å². The molecule has 2 aromatic rings. The summed E-state index contributed by atoms with van der Waals surface area (Å²) in [6.07, 6.45) is -0.170. The number of rotatable bonds is 5. The molecular weight excluding hydrogens is 404 g/mol. The Kier molecular flexibility index (Phi) is 6.66. The van der Waals surface area contributed by atoms with Gasteiger partial charge in [0.1, 0.15) is 5.75 Å². The second kappa shape index (κ2) is 9.00. The maximum Gasteiger partial charge on any atom is 0.283 e. The first kappa shape index (κ1) is 20.7. The van der Waals surface area contributed by atoms with Crippen molar-refractivity contribution in [3.05, 3.63) is 44.2 Å². The van der Waals surface area contributed by atoms with E-state index in [4.69, 9.17) is 25.8 Å². The second-order valence-corrected chi connectivity index (χ2v) is 7.71. The van der Waals surface area contributed by atoms with E-state index in [9.17, 15) is 9.59 Å². The minimum absolute atomic E-state index is 0.0775. The van der Waals surface area contributed by atoms with Crippen molar-refractivity contribution in [2.45, 2.75) is 26.5 Å². The lowest BCUT2D eigenvalue weighted by atomic mass is 10.2. The zero-order valence-corrected chi connectivity index (χ0v) is 17.4. The molecule has 0 saturated carbocycles. The average Bonchev–Trinajstić information content (AvgIpc) is 2.98. The molecule has 9 heteroatoms. The zero-order chi connectivity index (χ0) is 20.3. The Hall–Kier alpha value is -2.00. The number of hydrogen-bond donors (Lipinski definition) is 0. The molecule has 0 spiro atoms. The molecule has 1 aliphatic heterocycles. The standard InChI is InChI=1S/C19H21ClN2O5S/c1-11-17(12(2)23)28-19(22(11)9-14-10-26-6-7-27-14)21-18(24)15-8-13(20)4-5-16(15)25-3/h4-5,8,14H,6-7,9-10H2,1-3H3. The van der Waals surface area contributed by atoms with Crippen LogP contribution in [0.3, 0.4) is 0 Å². The van der Waals surface area contributed by atoms with Crippen molar-refractivity contribution >= 4 is 34.6 Å². The van der Waals surface area contributed by atoms with Gasteiger partial charge in [0.25, 0.3) is 5.91 Å². The minimum Gasteiger partial charge on any atom is -0.496 e. The average molecular weight is 425 g/mol. The number of nitrogens with zero attached hydrogens (tertiary/aromatic N) is 2. The highest BCUT2D eigenvalue weighted by Gasteiger charge is 2.21. The molecule has 1 amide bonds. The van der Waals surface area contributed by atoms with Crippen molar-refractivity contribution in [2.24, 2.45) is 4.99 Å². The van der Waals surface area contributed by atoms with Gasteiger partial charge in [-0.2, -0.15) is 4.99 Å². The summed E-state index contributed by atoms with van der Waals surface area (Å²) in [5.41, 5.74) is 1.01. The fourth-order valence-corrected chi connectivity index (χ4v) is 4.16. The van der Waals surface area contributed by atoms with Crippen molar-refractivity contribution in [2.75, 3.05) is 26.9 Å². The van der Waals surface area contributed by atoms with Crippen molar-refractivity contribution in [3.8, 4) is 5.75 Å². The van der Waals surface area contributed by atoms with Gasteiger partial charge in [0.2, 0.25) is 0 Å². The summed E-state index contributed by atoms with van der Waals surface area (Å²) in [6, 6.07) is 4.77. The monoisotopic (exact) mass is 424 g/mol. The summed E-state index contributed by atoms with van der Waals surface area (Å²) < 4.78 is 18.2. The van der Waals surface area contributed by atoms with Gasteiger partial charge in [-0.3, -0.25) is 9.59 Å². The molecule has 0 aliphatic carbocycles. The van der Waals surface area contributed by atoms with Crippen LogP contribution in [-0.4, -0.2) is 49.3 Å². The molecule has 1 saturated heterocycles. The first-order valence-electron chi connectivity index (χ1n) is 8.73. The van der Waals surface area contributed by atoms with Gasteiger partial charge in [-0.1, -0.05) is 22.9 Å². The Morgan fingerprint density at radius 2 is 2.18 bits per heavy atom. The largest absolute Gasteiger partial charge is 0.496 e. The lowest BCUT2D eigenvalue weighted by Crippen LogP contribution is -2.35. The minimum atomic E-state index is -0.495. The van der Waals surface area contributed by atoms with Gasteiger partial charge >= 0.3 is 0 Å². The number of carbonyl (C=O) groups excluding carboxylic acids is 2. The van der Waals surface area contributed by atoms with Crippen LogP contribution in [0.4, 0.5) is 0 Å². The second-order valence-electron chi connectivity index (χ2n) is 6.30. The van der Waals surface area contributed by atoms with E-state index in [1.807, 2.05) is 11.5 Å². The van der Waals surface area contributed by atoms with E-state index in [0.717, 1.165) is 5.69 Å². The number of aromatic nitrogens is 1. The first-order chi connectivity index (χ1) is 13.4. The maximum absolute atomic E-state index is 12.8. The predicted molar refractivity (Wildman–Crippen MR) is 106 cm³/mol. The van der Waals surface area contributed by atoms with Gasteiger partial charge in [-0.15, -0.1) is 0 Å². The maximum atomic E-state index is 12.8. The molecule has 3 rings (SSSR count). The van der Waals surface area contributed by atoms with Gasteiger partial charge in [-0.05, 0) is 25.1 Å². The molecule has 7 nitrogen and oxygen atoms in total. The molecule has 150 valence electrons. The number of hydrogen-bond acceptors (Lipinski definition) is 6. The quantitative estimate of drug-likeness (QED) is 0.689. The van der Waals surface area contributed by atoms with Gasteiger partial charge in [0.15, 0.2) is 10.6 Å². The lowest BCUT2D eigenvalue weighted by Gasteiger charge is -2.23. The van der Waals surface area contributed by atoms with E-state index in [0.29, 0.717) is 46.8 Å². The topological polar surface area (TPSA) is 79.1 Å². The van der Waals surface area contributed by atoms with Crippen LogP contribution in [-0.2, 0) is 16.0 Å². The zero-order valence-electron chi connectivity index (χ0n) is 15.9. The van der Waals surface area contributed by atoms with E-state index in [1.165, 1.54) is 31.4 Å². The molecule has 1 atom stereocenters. The van der Waals surface area contributed by atoms with Crippen molar-refractivity contribution < 1.29 is 23.8 Å². The number of Topliss-reactive ketones (excluding diaryl/α,β-unsaturated/α-hetero) is 1. The number of halogens is 1. The summed E-state index contributed by atoms with van der Waals surface area (Å²) in [6.45, 7) is 5.29. The van der Waals surface area contributed by atoms with Crippen molar-refractivity contribution in [3.63, 3.8) is 0 Å². The van der Waals surface area contributed by atoms with Gasteiger partial charge in [0, 0.05) is 17.6 Å². The summed E-state index contributed by atoms with van der Waals surface area (Å²) in [7, 11) is 1.48. The highest BCUT2D eigenvalue weighted by atomic mass is 35.5. The van der Waals surface area contributed by atoms with Crippen LogP contribution >= 0.6 is 22.9 Å². The molecule has 0 bridgehead atoms. The SMILES string of the molecule is COc1ccc(Cl)cc1C(=O)N=c1sc(C(C)=O)c(C)n1CC1COCCO1. The van der Waals surface area contributed by atoms with Gasteiger partial charge in [-0.25, -0.2) is 0 Å². The molecule has 0 radical (unpaired) electrons. The van der Waals surface area contributed by atoms with E-state index in [-0.39, 0.29) is 17.5 Å². The molecule has 0 N–H and O–H groups in total. The van der Waals surface area contributed by atoms with E-state index in [2.05, 4.69) is 4.99 Å². The molecule has 28 heavy (non-hydrogen) atoms. The third kappa shape index (κ3) is 4.52. The number of methoxy groups -OCH3 is 1. The van der Waals surface area contributed by atoms with Crippen LogP contribution in [0.1, 0.15) is 32.6 Å². The Labute approximate surface area is 171 Å². The Morgan fingerprint density at radius 1 is 1.39 bits per heavy atom. The summed E-state index contributed by atoms with van der Waals surface area (Å²) in [4.78, 5) is 30.1. The molecule has 1 fully saturated rings. The number of thiazole rings is 1.